The van der Waals surface area contributed by atoms with E-state index in [0.29, 0.717) is 19.1 Å². The smallest absolute Gasteiger partial charge is 0.317 e. The zero-order valence-electron chi connectivity index (χ0n) is 18.4. The van der Waals surface area contributed by atoms with Crippen molar-refractivity contribution in [2.75, 3.05) is 44.7 Å². The number of pyridine rings is 1. The van der Waals surface area contributed by atoms with Crippen molar-refractivity contribution < 1.29 is 9.90 Å². The number of aromatic nitrogens is 4. The van der Waals surface area contributed by atoms with Gasteiger partial charge in [0.25, 0.3) is 0 Å². The number of anilines is 1. The molecular formula is C23H29N7O2. The van der Waals surface area contributed by atoms with Gasteiger partial charge in [-0.25, -0.2) is 9.97 Å². The molecule has 168 valence electrons. The van der Waals surface area contributed by atoms with Crippen LogP contribution >= 0.6 is 0 Å². The topological polar surface area (TPSA) is 90.1 Å². The molecule has 0 aromatic carbocycles. The Bertz CT molecular complexity index is 1110. The molecule has 4 heterocycles. The van der Waals surface area contributed by atoms with Crippen LogP contribution in [0.4, 0.5) is 5.95 Å². The number of carboxylic acids is 1. The monoisotopic (exact) mass is 435 g/mol. The highest BCUT2D eigenvalue weighted by Gasteiger charge is 2.26. The second-order valence-corrected chi connectivity index (χ2v) is 8.73. The summed E-state index contributed by atoms with van der Waals surface area (Å²) in [7, 11) is 2.15. The lowest BCUT2D eigenvalue weighted by Crippen LogP contribution is -2.48. The summed E-state index contributed by atoms with van der Waals surface area (Å²) >= 11 is 0. The van der Waals surface area contributed by atoms with Crippen LogP contribution in [0.15, 0.2) is 36.8 Å². The highest BCUT2D eigenvalue weighted by molar-refractivity contribution is 5.69. The number of aliphatic carboxylic acids is 1. The number of aryl methyl sites for hydroxylation is 1. The van der Waals surface area contributed by atoms with E-state index in [1.807, 2.05) is 23.2 Å². The molecule has 9 nitrogen and oxygen atoms in total. The first-order chi connectivity index (χ1) is 15.6. The molecule has 1 saturated heterocycles. The number of carbonyl (C=O) groups is 1. The van der Waals surface area contributed by atoms with E-state index in [0.717, 1.165) is 49.8 Å². The normalized spacial score (nSPS) is 19.4. The molecule has 0 radical (unpaired) electrons. The molecule has 1 N–H and O–H groups in total. The molecule has 9 heteroatoms. The summed E-state index contributed by atoms with van der Waals surface area (Å²) in [6, 6.07) is 6.47. The van der Waals surface area contributed by atoms with Crippen LogP contribution < -0.4 is 4.90 Å². The Hall–Kier alpha value is -3.04. The van der Waals surface area contributed by atoms with Gasteiger partial charge in [-0.05, 0) is 44.0 Å². The van der Waals surface area contributed by atoms with Crippen LogP contribution in [0.5, 0.6) is 0 Å². The van der Waals surface area contributed by atoms with Gasteiger partial charge in [-0.2, -0.15) is 0 Å². The van der Waals surface area contributed by atoms with Gasteiger partial charge in [-0.3, -0.25) is 24.0 Å². The summed E-state index contributed by atoms with van der Waals surface area (Å²) in [6.07, 6.45) is 9.18. The van der Waals surface area contributed by atoms with E-state index in [9.17, 15) is 4.79 Å². The highest BCUT2D eigenvalue weighted by atomic mass is 16.4. The lowest BCUT2D eigenvalue weighted by atomic mass is 9.91. The Balaban J connectivity index is 1.32. The fourth-order valence-corrected chi connectivity index (χ4v) is 4.94. The third kappa shape index (κ3) is 4.18. The standard InChI is InChI=1S/C23H29N7O2/c1-27(19-6-2-4-17-5-3-8-24-22(17)19)14-18-15-30-20(26-18)7-9-25-23(30)29-12-10-28(11-13-29)16-21(31)32/h3,5,7-9,15,19H,2,4,6,10-14,16H2,1H3,(H,31,32)/t19-/m0/s1. The third-order valence-corrected chi connectivity index (χ3v) is 6.54. The maximum absolute atomic E-state index is 11.0. The molecule has 1 aliphatic heterocycles. The van der Waals surface area contributed by atoms with Crippen LogP contribution in [0, 0.1) is 0 Å². The lowest BCUT2D eigenvalue weighted by molar-refractivity contribution is -0.138. The minimum absolute atomic E-state index is 0.0895. The van der Waals surface area contributed by atoms with E-state index in [1.165, 1.54) is 17.7 Å². The summed E-state index contributed by atoms with van der Waals surface area (Å²) in [6.45, 7) is 3.75. The summed E-state index contributed by atoms with van der Waals surface area (Å²) in [5.74, 6) is 0.0846. The highest BCUT2D eigenvalue weighted by Crippen LogP contribution is 2.32. The number of fused-ring (bicyclic) bond motifs is 2. The van der Waals surface area contributed by atoms with E-state index >= 15 is 0 Å². The number of piperazine rings is 1. The van der Waals surface area contributed by atoms with Gasteiger partial charge >= 0.3 is 5.97 Å². The van der Waals surface area contributed by atoms with Crippen LogP contribution in [0.3, 0.4) is 0 Å². The van der Waals surface area contributed by atoms with Gasteiger partial charge in [-0.15, -0.1) is 0 Å². The fraction of sp³-hybridized carbons (Fsp3) is 0.478. The van der Waals surface area contributed by atoms with Crippen LogP contribution in [0.1, 0.15) is 35.8 Å². The second kappa shape index (κ2) is 8.84. The van der Waals surface area contributed by atoms with E-state index in [-0.39, 0.29) is 6.54 Å². The van der Waals surface area contributed by atoms with Crippen molar-refractivity contribution in [3.63, 3.8) is 0 Å². The fourth-order valence-electron chi connectivity index (χ4n) is 4.94. The SMILES string of the molecule is CN(Cc1cn2c(N3CCN(CC(=O)O)CC3)nccc2n1)[C@H]1CCCc2cccnc21. The van der Waals surface area contributed by atoms with Crippen molar-refractivity contribution in [1.29, 1.82) is 0 Å². The van der Waals surface area contributed by atoms with E-state index in [4.69, 9.17) is 10.1 Å². The predicted octanol–water partition coefficient (Wildman–Crippen LogP) is 1.84. The second-order valence-electron chi connectivity index (χ2n) is 8.73. The molecule has 1 aliphatic carbocycles. The first-order valence-electron chi connectivity index (χ1n) is 11.2. The molecule has 0 spiro atoms. The Kier molecular flexibility index (Phi) is 5.75. The molecular weight excluding hydrogens is 406 g/mol. The van der Waals surface area contributed by atoms with Gasteiger partial charge in [0, 0.05) is 51.3 Å². The predicted molar refractivity (Wildman–Crippen MR) is 121 cm³/mol. The number of rotatable bonds is 6. The van der Waals surface area contributed by atoms with E-state index < -0.39 is 5.97 Å². The largest absolute Gasteiger partial charge is 0.480 e. The average molecular weight is 436 g/mol. The molecule has 1 atom stereocenters. The number of carboxylic acid groups (broad SMARTS) is 1. The Morgan fingerprint density at radius 3 is 2.84 bits per heavy atom. The van der Waals surface area contributed by atoms with Crippen molar-refractivity contribution >= 4 is 17.6 Å². The van der Waals surface area contributed by atoms with Gasteiger partial charge in [-0.1, -0.05) is 6.07 Å². The summed E-state index contributed by atoms with van der Waals surface area (Å²) in [5, 5.41) is 9.03. The van der Waals surface area contributed by atoms with Gasteiger partial charge in [0.15, 0.2) is 0 Å². The average Bonchev–Trinajstić information content (AvgIpc) is 3.21. The van der Waals surface area contributed by atoms with Gasteiger partial charge in [0.05, 0.1) is 24.0 Å². The van der Waals surface area contributed by atoms with Gasteiger partial charge < -0.3 is 10.0 Å². The number of hydrogen-bond donors (Lipinski definition) is 1. The van der Waals surface area contributed by atoms with Crippen molar-refractivity contribution in [2.24, 2.45) is 0 Å². The number of nitrogens with zero attached hydrogens (tertiary/aromatic N) is 7. The molecule has 3 aromatic rings. The Morgan fingerprint density at radius 2 is 2.03 bits per heavy atom. The van der Waals surface area contributed by atoms with Gasteiger partial charge in [0.1, 0.15) is 5.65 Å². The molecule has 0 saturated carbocycles. The quantitative estimate of drug-likeness (QED) is 0.627. The molecule has 1 fully saturated rings. The minimum atomic E-state index is -0.780. The van der Waals surface area contributed by atoms with Crippen LogP contribution in [-0.4, -0.2) is 80.0 Å². The van der Waals surface area contributed by atoms with E-state index in [2.05, 4.69) is 43.5 Å². The Labute approximate surface area is 187 Å². The summed E-state index contributed by atoms with van der Waals surface area (Å²) in [5.41, 5.74) is 4.45. The van der Waals surface area contributed by atoms with Crippen LogP contribution in [0.25, 0.3) is 5.65 Å². The Morgan fingerprint density at radius 1 is 1.19 bits per heavy atom. The summed E-state index contributed by atoms with van der Waals surface area (Å²) in [4.78, 5) is 31.7. The maximum Gasteiger partial charge on any atom is 0.317 e. The maximum atomic E-state index is 11.0. The third-order valence-electron chi connectivity index (χ3n) is 6.54. The van der Waals surface area contributed by atoms with Crippen molar-refractivity contribution in [3.05, 3.63) is 53.7 Å². The van der Waals surface area contributed by atoms with Crippen molar-refractivity contribution in [1.82, 2.24) is 29.2 Å². The molecule has 0 unspecified atom stereocenters. The number of imidazole rings is 1. The first-order valence-corrected chi connectivity index (χ1v) is 11.2. The molecule has 5 rings (SSSR count). The zero-order valence-corrected chi connectivity index (χ0v) is 18.4. The lowest BCUT2D eigenvalue weighted by Gasteiger charge is -2.34. The van der Waals surface area contributed by atoms with Crippen LogP contribution in [-0.2, 0) is 17.8 Å². The van der Waals surface area contributed by atoms with Crippen molar-refractivity contribution in [2.45, 2.75) is 31.8 Å². The minimum Gasteiger partial charge on any atom is -0.480 e. The number of hydrogen-bond acceptors (Lipinski definition) is 7. The molecule has 32 heavy (non-hydrogen) atoms. The molecule has 0 bridgehead atoms. The van der Waals surface area contributed by atoms with E-state index in [1.54, 1.807) is 6.20 Å². The first kappa shape index (κ1) is 20.8. The molecule has 0 amide bonds. The van der Waals surface area contributed by atoms with Gasteiger partial charge in [0.2, 0.25) is 5.95 Å². The molecule has 2 aliphatic rings. The zero-order chi connectivity index (χ0) is 22.1. The van der Waals surface area contributed by atoms with Crippen LogP contribution in [0.2, 0.25) is 0 Å². The van der Waals surface area contributed by atoms with Crippen molar-refractivity contribution in [3.8, 4) is 0 Å². The summed E-state index contributed by atoms with van der Waals surface area (Å²) < 4.78 is 2.06. The molecule has 3 aromatic heterocycles.